The quantitative estimate of drug-likeness (QED) is 0.572. The second-order valence-electron chi connectivity index (χ2n) is 5.09. The predicted octanol–water partition coefficient (Wildman–Crippen LogP) is 3.94. The van der Waals surface area contributed by atoms with Crippen LogP contribution in [0.5, 0.6) is 0 Å². The number of anilines is 1. The first-order chi connectivity index (χ1) is 11.1. The summed E-state index contributed by atoms with van der Waals surface area (Å²) >= 11 is 0. The van der Waals surface area contributed by atoms with Crippen LogP contribution in [-0.2, 0) is 6.42 Å². The number of nitro groups is 1. The number of pyridine rings is 1. The van der Waals surface area contributed by atoms with Crippen LogP contribution in [0.25, 0.3) is 10.9 Å². The summed E-state index contributed by atoms with van der Waals surface area (Å²) in [6, 6.07) is 13.3. The fraction of sp³-hybridized carbons (Fsp3) is 0.118. The van der Waals surface area contributed by atoms with Crippen molar-refractivity contribution in [2.24, 2.45) is 0 Å². The van der Waals surface area contributed by atoms with Crippen molar-refractivity contribution in [2.75, 3.05) is 11.9 Å². The highest BCUT2D eigenvalue weighted by Crippen LogP contribution is 2.25. The molecule has 1 aromatic heterocycles. The van der Waals surface area contributed by atoms with Crippen LogP contribution >= 0.6 is 0 Å². The van der Waals surface area contributed by atoms with Gasteiger partial charge in [-0.2, -0.15) is 0 Å². The van der Waals surface area contributed by atoms with Crippen molar-refractivity contribution in [1.29, 1.82) is 0 Å². The summed E-state index contributed by atoms with van der Waals surface area (Å²) in [5.74, 6) is -0.625. The van der Waals surface area contributed by atoms with Gasteiger partial charge in [-0.05, 0) is 30.2 Å². The molecule has 0 atom stereocenters. The number of nitro benzene ring substituents is 1. The van der Waals surface area contributed by atoms with Crippen LogP contribution in [0, 0.1) is 15.9 Å². The standard InChI is InChI=1S/C17H14FN3O2/c18-14-6-7-15(16(11-14)21(22)23)19-10-8-13-4-1-3-12-5-2-9-20-17(12)13/h1-7,9,11,19H,8,10H2. The van der Waals surface area contributed by atoms with E-state index in [1.807, 2.05) is 30.3 Å². The summed E-state index contributed by atoms with van der Waals surface area (Å²) in [6.07, 6.45) is 2.40. The van der Waals surface area contributed by atoms with Crippen molar-refractivity contribution in [3.8, 4) is 0 Å². The van der Waals surface area contributed by atoms with Gasteiger partial charge in [-0.3, -0.25) is 15.1 Å². The number of hydrogen-bond donors (Lipinski definition) is 1. The summed E-state index contributed by atoms with van der Waals surface area (Å²) in [6.45, 7) is 0.488. The minimum Gasteiger partial charge on any atom is -0.379 e. The van der Waals surface area contributed by atoms with Crippen LogP contribution in [0.1, 0.15) is 5.56 Å². The molecule has 0 saturated heterocycles. The van der Waals surface area contributed by atoms with Crippen LogP contribution in [0.2, 0.25) is 0 Å². The molecule has 0 aliphatic carbocycles. The molecule has 23 heavy (non-hydrogen) atoms. The second-order valence-corrected chi connectivity index (χ2v) is 5.09. The Morgan fingerprint density at radius 3 is 2.83 bits per heavy atom. The van der Waals surface area contributed by atoms with Gasteiger partial charge in [0.05, 0.1) is 16.5 Å². The fourth-order valence-electron chi connectivity index (χ4n) is 2.51. The van der Waals surface area contributed by atoms with Gasteiger partial charge in [0.25, 0.3) is 5.69 Å². The number of rotatable bonds is 5. The number of hydrogen-bond acceptors (Lipinski definition) is 4. The average molecular weight is 311 g/mol. The number of para-hydroxylation sites is 1. The van der Waals surface area contributed by atoms with Gasteiger partial charge in [0.1, 0.15) is 11.5 Å². The van der Waals surface area contributed by atoms with Gasteiger partial charge in [-0.25, -0.2) is 4.39 Å². The largest absolute Gasteiger partial charge is 0.379 e. The summed E-state index contributed by atoms with van der Waals surface area (Å²) in [4.78, 5) is 14.8. The van der Waals surface area contributed by atoms with E-state index >= 15 is 0 Å². The molecule has 5 nitrogen and oxygen atoms in total. The SMILES string of the molecule is O=[N+]([O-])c1cc(F)ccc1NCCc1cccc2cccnc12. The van der Waals surface area contributed by atoms with E-state index in [9.17, 15) is 14.5 Å². The predicted molar refractivity (Wildman–Crippen MR) is 87.0 cm³/mol. The molecule has 0 saturated carbocycles. The van der Waals surface area contributed by atoms with Crippen LogP contribution < -0.4 is 5.32 Å². The van der Waals surface area contributed by atoms with E-state index in [-0.39, 0.29) is 5.69 Å². The topological polar surface area (TPSA) is 68.1 Å². The molecule has 2 aromatic carbocycles. The first kappa shape index (κ1) is 14.9. The molecule has 0 fully saturated rings. The van der Waals surface area contributed by atoms with Gasteiger partial charge >= 0.3 is 0 Å². The van der Waals surface area contributed by atoms with E-state index < -0.39 is 10.7 Å². The molecule has 0 aliphatic heterocycles. The molecule has 116 valence electrons. The van der Waals surface area contributed by atoms with E-state index in [4.69, 9.17) is 0 Å². The average Bonchev–Trinajstić information content (AvgIpc) is 2.56. The van der Waals surface area contributed by atoms with Crippen molar-refractivity contribution >= 4 is 22.3 Å². The lowest BCUT2D eigenvalue weighted by molar-refractivity contribution is -0.384. The van der Waals surface area contributed by atoms with Crippen LogP contribution in [-0.4, -0.2) is 16.5 Å². The van der Waals surface area contributed by atoms with Crippen molar-refractivity contribution in [1.82, 2.24) is 4.98 Å². The zero-order chi connectivity index (χ0) is 16.2. The van der Waals surface area contributed by atoms with E-state index in [0.29, 0.717) is 18.7 Å². The molecule has 6 heteroatoms. The van der Waals surface area contributed by atoms with E-state index in [0.717, 1.165) is 22.5 Å². The summed E-state index contributed by atoms with van der Waals surface area (Å²) in [5, 5.41) is 15.0. The molecule has 3 aromatic rings. The normalized spacial score (nSPS) is 10.7. The molecule has 0 aliphatic rings. The van der Waals surface area contributed by atoms with Gasteiger partial charge in [0.15, 0.2) is 0 Å². The Hall–Kier alpha value is -3.02. The Kier molecular flexibility index (Phi) is 4.14. The Labute approximate surface area is 131 Å². The van der Waals surface area contributed by atoms with E-state index in [1.165, 1.54) is 12.1 Å². The number of halogens is 1. The first-order valence-electron chi connectivity index (χ1n) is 7.15. The van der Waals surface area contributed by atoms with Crippen molar-refractivity contribution in [3.05, 3.63) is 76.2 Å². The zero-order valence-corrected chi connectivity index (χ0v) is 12.2. The number of benzene rings is 2. The lowest BCUT2D eigenvalue weighted by Crippen LogP contribution is -2.07. The maximum Gasteiger partial charge on any atom is 0.295 e. The number of fused-ring (bicyclic) bond motifs is 1. The van der Waals surface area contributed by atoms with E-state index in [2.05, 4.69) is 10.3 Å². The Morgan fingerprint density at radius 1 is 1.17 bits per heavy atom. The van der Waals surface area contributed by atoms with Crippen molar-refractivity contribution < 1.29 is 9.31 Å². The summed E-state index contributed by atoms with van der Waals surface area (Å²) in [5.41, 5.74) is 2.02. The third-order valence-corrected chi connectivity index (χ3v) is 3.58. The van der Waals surface area contributed by atoms with Gasteiger partial charge in [0.2, 0.25) is 0 Å². The Morgan fingerprint density at radius 2 is 2.00 bits per heavy atom. The minimum absolute atomic E-state index is 0.263. The van der Waals surface area contributed by atoms with Gasteiger partial charge in [0, 0.05) is 18.1 Å². The molecule has 0 amide bonds. The monoisotopic (exact) mass is 311 g/mol. The molecule has 3 rings (SSSR count). The second kappa shape index (κ2) is 6.39. The first-order valence-corrected chi connectivity index (χ1v) is 7.15. The minimum atomic E-state index is -0.625. The molecule has 0 unspecified atom stereocenters. The molecular weight excluding hydrogens is 297 g/mol. The molecule has 1 N–H and O–H groups in total. The van der Waals surface area contributed by atoms with Gasteiger partial charge < -0.3 is 5.32 Å². The number of aromatic nitrogens is 1. The lowest BCUT2D eigenvalue weighted by Gasteiger charge is -2.09. The van der Waals surface area contributed by atoms with Crippen LogP contribution in [0.15, 0.2) is 54.7 Å². The number of nitrogens with zero attached hydrogens (tertiary/aromatic N) is 2. The highest BCUT2D eigenvalue weighted by molar-refractivity contribution is 5.81. The van der Waals surface area contributed by atoms with Crippen LogP contribution in [0.4, 0.5) is 15.8 Å². The Balaban J connectivity index is 1.76. The van der Waals surface area contributed by atoms with Crippen LogP contribution in [0.3, 0.4) is 0 Å². The highest BCUT2D eigenvalue weighted by atomic mass is 19.1. The van der Waals surface area contributed by atoms with Gasteiger partial charge in [-0.1, -0.05) is 24.3 Å². The highest BCUT2D eigenvalue weighted by Gasteiger charge is 2.14. The maximum atomic E-state index is 13.1. The zero-order valence-electron chi connectivity index (χ0n) is 12.2. The molecule has 1 heterocycles. The smallest absolute Gasteiger partial charge is 0.295 e. The molecule has 0 bridgehead atoms. The Bertz CT molecular complexity index is 862. The van der Waals surface area contributed by atoms with E-state index in [1.54, 1.807) is 6.20 Å². The maximum absolute atomic E-state index is 13.1. The lowest BCUT2D eigenvalue weighted by atomic mass is 10.1. The van der Waals surface area contributed by atoms with Crippen molar-refractivity contribution in [2.45, 2.75) is 6.42 Å². The molecule has 0 radical (unpaired) electrons. The molecular formula is C17H14FN3O2. The third-order valence-electron chi connectivity index (χ3n) is 3.58. The fourth-order valence-corrected chi connectivity index (χ4v) is 2.51. The number of nitrogens with one attached hydrogen (secondary N) is 1. The summed E-state index contributed by atoms with van der Waals surface area (Å²) < 4.78 is 13.1. The van der Waals surface area contributed by atoms with Gasteiger partial charge in [-0.15, -0.1) is 0 Å². The van der Waals surface area contributed by atoms with Crippen molar-refractivity contribution in [3.63, 3.8) is 0 Å². The summed E-state index contributed by atoms with van der Waals surface area (Å²) in [7, 11) is 0. The third kappa shape index (κ3) is 3.26. The molecule has 0 spiro atoms.